The first-order valence-electron chi connectivity index (χ1n) is 7.09. The highest BCUT2D eigenvalue weighted by Crippen LogP contribution is 2.23. The van der Waals surface area contributed by atoms with Crippen LogP contribution in [0.5, 0.6) is 5.75 Å². The molecule has 1 aliphatic carbocycles. The second kappa shape index (κ2) is 7.28. The van der Waals surface area contributed by atoms with E-state index in [1.54, 1.807) is 14.2 Å². The zero-order valence-corrected chi connectivity index (χ0v) is 12.5. The summed E-state index contributed by atoms with van der Waals surface area (Å²) in [7, 11) is 3.32. The summed E-state index contributed by atoms with van der Waals surface area (Å²) in [6.07, 6.45) is 3.64. The van der Waals surface area contributed by atoms with Gasteiger partial charge in [-0.05, 0) is 37.0 Å². The molecule has 2 atom stereocenters. The molecule has 1 aromatic rings. The first kappa shape index (κ1) is 15.6. The Balaban J connectivity index is 2.01. The number of benzene rings is 1. The van der Waals surface area contributed by atoms with Crippen molar-refractivity contribution in [1.82, 2.24) is 5.32 Å². The lowest BCUT2D eigenvalue weighted by Crippen LogP contribution is -2.27. The summed E-state index contributed by atoms with van der Waals surface area (Å²) in [4.78, 5) is 0. The molecular formula is C15H23N3O3. The van der Waals surface area contributed by atoms with E-state index < -0.39 is 0 Å². The molecule has 0 bridgehead atoms. The summed E-state index contributed by atoms with van der Waals surface area (Å²) in [6.45, 7) is 0.733. The van der Waals surface area contributed by atoms with Gasteiger partial charge in [-0.2, -0.15) is 0 Å². The number of ether oxygens (including phenoxy) is 2. The van der Waals surface area contributed by atoms with Crippen LogP contribution in [-0.4, -0.2) is 37.4 Å². The molecule has 1 fully saturated rings. The third-order valence-corrected chi connectivity index (χ3v) is 3.96. The molecule has 0 saturated heterocycles. The lowest BCUT2D eigenvalue weighted by atomic mass is 10.1. The zero-order chi connectivity index (χ0) is 15.2. The predicted octanol–water partition coefficient (Wildman–Crippen LogP) is 1.45. The monoisotopic (exact) mass is 293 g/mol. The molecular weight excluding hydrogens is 270 g/mol. The van der Waals surface area contributed by atoms with Crippen molar-refractivity contribution in [2.24, 2.45) is 10.9 Å². The average molecular weight is 293 g/mol. The molecule has 0 aliphatic heterocycles. The van der Waals surface area contributed by atoms with Crippen LogP contribution in [0.1, 0.15) is 30.4 Å². The van der Waals surface area contributed by atoms with Crippen molar-refractivity contribution in [3.63, 3.8) is 0 Å². The largest absolute Gasteiger partial charge is 0.496 e. The fourth-order valence-corrected chi connectivity index (χ4v) is 2.72. The molecule has 0 amide bonds. The van der Waals surface area contributed by atoms with Crippen LogP contribution in [0.3, 0.4) is 0 Å². The Labute approximate surface area is 124 Å². The van der Waals surface area contributed by atoms with Crippen LogP contribution >= 0.6 is 0 Å². The van der Waals surface area contributed by atoms with Crippen LogP contribution in [0.25, 0.3) is 0 Å². The zero-order valence-electron chi connectivity index (χ0n) is 12.5. The Kier molecular flexibility index (Phi) is 5.41. The van der Waals surface area contributed by atoms with E-state index in [0.717, 1.165) is 31.4 Å². The van der Waals surface area contributed by atoms with Crippen molar-refractivity contribution in [3.05, 3.63) is 29.3 Å². The van der Waals surface area contributed by atoms with Crippen LogP contribution in [0.4, 0.5) is 0 Å². The molecule has 116 valence electrons. The van der Waals surface area contributed by atoms with E-state index in [2.05, 4.69) is 10.5 Å². The summed E-state index contributed by atoms with van der Waals surface area (Å²) in [5.74, 6) is 0.642. The van der Waals surface area contributed by atoms with Crippen molar-refractivity contribution in [2.75, 3.05) is 14.2 Å². The van der Waals surface area contributed by atoms with Gasteiger partial charge in [-0.1, -0.05) is 11.2 Å². The van der Waals surface area contributed by atoms with Gasteiger partial charge >= 0.3 is 0 Å². The first-order valence-corrected chi connectivity index (χ1v) is 7.09. The van der Waals surface area contributed by atoms with E-state index in [0.29, 0.717) is 23.5 Å². The summed E-state index contributed by atoms with van der Waals surface area (Å²) in [5, 5.41) is 15.4. The summed E-state index contributed by atoms with van der Waals surface area (Å²) >= 11 is 0. The van der Waals surface area contributed by atoms with Crippen LogP contribution in [-0.2, 0) is 11.3 Å². The number of methoxy groups -OCH3 is 2. The Morgan fingerprint density at radius 3 is 2.86 bits per heavy atom. The number of amidine groups is 1. The topological polar surface area (TPSA) is 89.1 Å². The lowest BCUT2D eigenvalue weighted by Gasteiger charge is -2.14. The molecule has 4 N–H and O–H groups in total. The van der Waals surface area contributed by atoms with Gasteiger partial charge in [-0.3, -0.25) is 0 Å². The fraction of sp³-hybridized carbons (Fsp3) is 0.533. The van der Waals surface area contributed by atoms with Crippen molar-refractivity contribution in [3.8, 4) is 5.75 Å². The van der Waals surface area contributed by atoms with Crippen LogP contribution in [0.15, 0.2) is 23.4 Å². The molecule has 2 unspecified atom stereocenters. The number of oxime groups is 1. The Morgan fingerprint density at radius 2 is 2.24 bits per heavy atom. The van der Waals surface area contributed by atoms with E-state index in [1.165, 1.54) is 0 Å². The van der Waals surface area contributed by atoms with Gasteiger partial charge in [0.05, 0.1) is 18.8 Å². The molecule has 1 aliphatic rings. The maximum atomic E-state index is 8.84. The van der Waals surface area contributed by atoms with E-state index in [1.807, 2.05) is 18.2 Å². The first-order chi connectivity index (χ1) is 10.2. The van der Waals surface area contributed by atoms with E-state index >= 15 is 0 Å². The van der Waals surface area contributed by atoms with E-state index in [-0.39, 0.29) is 5.84 Å². The Hall–Kier alpha value is -1.79. The van der Waals surface area contributed by atoms with Crippen molar-refractivity contribution >= 4 is 5.84 Å². The third-order valence-electron chi connectivity index (χ3n) is 3.96. The molecule has 0 heterocycles. The number of nitrogens with zero attached hydrogens (tertiary/aromatic N) is 1. The van der Waals surface area contributed by atoms with Crippen LogP contribution in [0.2, 0.25) is 0 Å². The SMILES string of the molecule is COc1ccc(CNC2CCC(OC)C2)cc1/C(N)=N/O. The van der Waals surface area contributed by atoms with E-state index in [9.17, 15) is 0 Å². The Morgan fingerprint density at radius 1 is 1.43 bits per heavy atom. The van der Waals surface area contributed by atoms with Crippen molar-refractivity contribution in [2.45, 2.75) is 38.0 Å². The van der Waals surface area contributed by atoms with Gasteiger partial charge in [0.2, 0.25) is 0 Å². The third kappa shape index (κ3) is 3.86. The van der Waals surface area contributed by atoms with Gasteiger partial charge in [0.25, 0.3) is 0 Å². The van der Waals surface area contributed by atoms with Gasteiger partial charge in [0.1, 0.15) is 5.75 Å². The minimum absolute atomic E-state index is 0.0500. The molecule has 6 heteroatoms. The van der Waals surface area contributed by atoms with Gasteiger partial charge in [0.15, 0.2) is 5.84 Å². The molecule has 6 nitrogen and oxygen atoms in total. The highest BCUT2D eigenvalue weighted by Gasteiger charge is 2.23. The number of rotatable bonds is 6. The average Bonchev–Trinajstić information content (AvgIpc) is 3.00. The number of hydrogen-bond acceptors (Lipinski definition) is 5. The van der Waals surface area contributed by atoms with Crippen molar-refractivity contribution in [1.29, 1.82) is 0 Å². The smallest absolute Gasteiger partial charge is 0.173 e. The number of nitrogens with one attached hydrogen (secondary N) is 1. The summed E-state index contributed by atoms with van der Waals surface area (Å²) in [6, 6.07) is 6.16. The molecule has 0 spiro atoms. The minimum atomic E-state index is 0.0500. The normalized spacial score (nSPS) is 22.5. The molecule has 2 rings (SSSR count). The van der Waals surface area contributed by atoms with Gasteiger partial charge in [-0.25, -0.2) is 0 Å². The Bertz CT molecular complexity index is 505. The minimum Gasteiger partial charge on any atom is -0.496 e. The molecule has 0 radical (unpaired) electrons. The van der Waals surface area contributed by atoms with Gasteiger partial charge in [0, 0.05) is 19.7 Å². The highest BCUT2D eigenvalue weighted by molar-refractivity contribution is 5.99. The molecule has 1 saturated carbocycles. The summed E-state index contributed by atoms with van der Waals surface area (Å²) in [5.41, 5.74) is 7.34. The van der Waals surface area contributed by atoms with Gasteiger partial charge < -0.3 is 25.7 Å². The second-order valence-corrected chi connectivity index (χ2v) is 5.27. The van der Waals surface area contributed by atoms with Crippen molar-refractivity contribution < 1.29 is 14.7 Å². The number of hydrogen-bond donors (Lipinski definition) is 3. The molecule has 0 aromatic heterocycles. The quantitative estimate of drug-likeness (QED) is 0.320. The second-order valence-electron chi connectivity index (χ2n) is 5.27. The van der Waals surface area contributed by atoms with Crippen LogP contribution in [0, 0.1) is 0 Å². The van der Waals surface area contributed by atoms with Gasteiger partial charge in [-0.15, -0.1) is 0 Å². The summed E-state index contributed by atoms with van der Waals surface area (Å²) < 4.78 is 10.6. The maximum absolute atomic E-state index is 8.84. The fourth-order valence-electron chi connectivity index (χ4n) is 2.72. The molecule has 21 heavy (non-hydrogen) atoms. The predicted molar refractivity (Wildman–Crippen MR) is 80.8 cm³/mol. The molecule has 1 aromatic carbocycles. The number of nitrogens with two attached hydrogens (primary N) is 1. The maximum Gasteiger partial charge on any atom is 0.173 e. The standard InChI is InChI=1S/C15H23N3O3/c1-20-12-5-4-11(8-12)17-9-10-3-6-14(21-2)13(7-10)15(16)18-19/h3,6-7,11-12,17,19H,4-5,8-9H2,1-2H3,(H2,16,18). The highest BCUT2D eigenvalue weighted by atomic mass is 16.5. The van der Waals surface area contributed by atoms with Crippen LogP contribution < -0.4 is 15.8 Å². The lowest BCUT2D eigenvalue weighted by molar-refractivity contribution is 0.107. The van der Waals surface area contributed by atoms with E-state index in [4.69, 9.17) is 20.4 Å².